The summed E-state index contributed by atoms with van der Waals surface area (Å²) in [6.07, 6.45) is 0. The monoisotopic (exact) mass is 503 g/mol. The first-order valence-electron chi connectivity index (χ1n) is 14.8. The molecule has 1 aliphatic rings. The molecule has 196 valence electrons. The quantitative estimate of drug-likeness (QED) is 0.262. The number of anilines is 2. The van der Waals surface area contributed by atoms with Crippen molar-refractivity contribution in [3.63, 3.8) is 0 Å². The van der Waals surface area contributed by atoms with Crippen molar-refractivity contribution in [2.24, 2.45) is 0 Å². The van der Waals surface area contributed by atoms with Crippen LogP contribution in [-0.4, -0.2) is 5.54 Å². The van der Waals surface area contributed by atoms with Crippen molar-refractivity contribution in [1.82, 2.24) is 0 Å². The molecule has 0 N–H and O–H groups in total. The first-order valence-corrected chi connectivity index (χ1v) is 13.8. The Morgan fingerprint density at radius 1 is 0.658 bits per heavy atom. The van der Waals surface area contributed by atoms with Crippen molar-refractivity contribution in [3.8, 4) is 22.3 Å². The van der Waals surface area contributed by atoms with Crippen LogP contribution in [0.1, 0.15) is 99.1 Å². The summed E-state index contributed by atoms with van der Waals surface area (Å²) >= 11 is 0. The molecule has 4 aromatic carbocycles. The standard InChI is InChI=1S/C37H43N/c1-24(2)29-22-32-30(28-18-13-14-20-31(28)37(32,8)9)23-34(29)38(36(5,6)7)33-21-15-19-27(35(33)25(3)4)26-16-11-10-12-17-26/h10-25H,1-9H3/i24D,25D. The second-order valence-corrected chi connectivity index (χ2v) is 12.7. The van der Waals surface area contributed by atoms with Crippen molar-refractivity contribution in [2.75, 3.05) is 4.90 Å². The number of hydrogen-bond acceptors (Lipinski definition) is 1. The highest BCUT2D eigenvalue weighted by Crippen LogP contribution is 2.53. The van der Waals surface area contributed by atoms with E-state index in [2.05, 4.69) is 118 Å². The molecule has 0 saturated carbocycles. The van der Waals surface area contributed by atoms with Gasteiger partial charge in [-0.1, -0.05) is 114 Å². The molecule has 1 aliphatic carbocycles. The lowest BCUT2D eigenvalue weighted by atomic mass is 9.80. The molecule has 0 spiro atoms. The van der Waals surface area contributed by atoms with E-state index in [1.807, 2.05) is 33.8 Å². The summed E-state index contributed by atoms with van der Waals surface area (Å²) in [5, 5.41) is 0. The highest BCUT2D eigenvalue weighted by Gasteiger charge is 2.38. The van der Waals surface area contributed by atoms with Crippen LogP contribution in [0.5, 0.6) is 0 Å². The van der Waals surface area contributed by atoms with Gasteiger partial charge in [-0.15, -0.1) is 0 Å². The summed E-state index contributed by atoms with van der Waals surface area (Å²) in [7, 11) is 0. The zero-order valence-corrected chi connectivity index (χ0v) is 24.5. The highest BCUT2D eigenvalue weighted by atomic mass is 15.2. The van der Waals surface area contributed by atoms with E-state index in [1.165, 1.54) is 22.3 Å². The number of benzene rings is 4. The minimum atomic E-state index is -0.854. The summed E-state index contributed by atoms with van der Waals surface area (Å²) in [5.41, 5.74) is 10.9. The minimum absolute atomic E-state index is 0.140. The van der Waals surface area contributed by atoms with Crippen molar-refractivity contribution in [1.29, 1.82) is 0 Å². The number of nitrogens with zero attached hydrogens (tertiary/aromatic N) is 1. The molecule has 0 atom stereocenters. The molecule has 0 unspecified atom stereocenters. The Kier molecular flexibility index (Phi) is 5.91. The molecule has 1 heteroatoms. The van der Waals surface area contributed by atoms with E-state index in [0.717, 1.165) is 33.6 Å². The maximum Gasteiger partial charge on any atom is 0.0457 e. The molecule has 0 heterocycles. The molecular formula is C37H43N. The smallest absolute Gasteiger partial charge is 0.0457 e. The third-order valence-corrected chi connectivity index (χ3v) is 8.02. The lowest BCUT2D eigenvalue weighted by Crippen LogP contribution is -2.39. The third-order valence-electron chi connectivity index (χ3n) is 8.02. The zero-order chi connectivity index (χ0) is 29.3. The lowest BCUT2D eigenvalue weighted by Gasteiger charge is -2.42. The largest absolute Gasteiger partial charge is 0.336 e. The fourth-order valence-corrected chi connectivity index (χ4v) is 6.28. The Hall–Kier alpha value is -3.32. The zero-order valence-electron chi connectivity index (χ0n) is 26.5. The van der Waals surface area contributed by atoms with Gasteiger partial charge in [-0.05, 0) is 89.2 Å². The fraction of sp³-hybridized carbons (Fsp3) is 0.351. The summed E-state index contributed by atoms with van der Waals surface area (Å²) in [6, 6.07) is 30.2. The second kappa shape index (κ2) is 9.45. The van der Waals surface area contributed by atoms with Crippen molar-refractivity contribution in [2.45, 2.75) is 85.1 Å². The first-order chi connectivity index (χ1) is 18.5. The Morgan fingerprint density at radius 3 is 1.92 bits per heavy atom. The molecule has 4 aromatic rings. The lowest BCUT2D eigenvalue weighted by molar-refractivity contribution is 0.555. The van der Waals surface area contributed by atoms with Crippen molar-refractivity contribution < 1.29 is 2.74 Å². The molecule has 0 bridgehead atoms. The van der Waals surface area contributed by atoms with Gasteiger partial charge in [0.05, 0.1) is 0 Å². The van der Waals surface area contributed by atoms with E-state index in [-0.39, 0.29) is 11.0 Å². The van der Waals surface area contributed by atoms with E-state index in [0.29, 0.717) is 0 Å². The van der Waals surface area contributed by atoms with Crippen LogP contribution in [0.4, 0.5) is 11.4 Å². The molecule has 0 saturated heterocycles. The van der Waals surface area contributed by atoms with Crippen LogP contribution in [0.15, 0.2) is 84.9 Å². The van der Waals surface area contributed by atoms with Gasteiger partial charge in [-0.25, -0.2) is 0 Å². The van der Waals surface area contributed by atoms with Gasteiger partial charge < -0.3 is 4.90 Å². The maximum atomic E-state index is 9.35. The van der Waals surface area contributed by atoms with Crippen molar-refractivity contribution >= 4 is 11.4 Å². The fourth-order valence-electron chi connectivity index (χ4n) is 6.28. The van der Waals surface area contributed by atoms with E-state index < -0.39 is 11.8 Å². The van der Waals surface area contributed by atoms with E-state index in [4.69, 9.17) is 0 Å². The van der Waals surface area contributed by atoms with Gasteiger partial charge in [0.2, 0.25) is 0 Å². The van der Waals surface area contributed by atoms with Crippen LogP contribution >= 0.6 is 0 Å². The first kappa shape index (κ1) is 23.8. The van der Waals surface area contributed by atoms with Gasteiger partial charge in [-0.2, -0.15) is 0 Å². The SMILES string of the molecule is [2H]C(C)(C)c1cc2c(cc1N(c1cccc(-c3ccccc3)c1C([2H])(C)C)C(C)(C)C)-c1ccccc1C2(C)C. The molecular weight excluding hydrogens is 458 g/mol. The third kappa shape index (κ3) is 4.27. The van der Waals surface area contributed by atoms with Gasteiger partial charge in [0.1, 0.15) is 0 Å². The van der Waals surface area contributed by atoms with Gasteiger partial charge in [0, 0.05) is 25.1 Å². The summed E-state index contributed by atoms with van der Waals surface area (Å²) in [6.45, 7) is 19.2. The molecule has 0 aromatic heterocycles. The number of hydrogen-bond donors (Lipinski definition) is 0. The Labute approximate surface area is 233 Å². The van der Waals surface area contributed by atoms with Gasteiger partial charge in [0.15, 0.2) is 0 Å². The molecule has 38 heavy (non-hydrogen) atoms. The number of fused-ring (bicyclic) bond motifs is 3. The molecule has 0 aliphatic heterocycles. The van der Waals surface area contributed by atoms with Crippen molar-refractivity contribution in [3.05, 3.63) is 107 Å². The molecule has 1 nitrogen and oxygen atoms in total. The Morgan fingerprint density at radius 2 is 1.29 bits per heavy atom. The highest BCUT2D eigenvalue weighted by molar-refractivity contribution is 5.87. The van der Waals surface area contributed by atoms with Crippen LogP contribution in [0.25, 0.3) is 22.3 Å². The van der Waals surface area contributed by atoms with Gasteiger partial charge in [-0.3, -0.25) is 0 Å². The average molecular weight is 504 g/mol. The maximum absolute atomic E-state index is 9.35. The van der Waals surface area contributed by atoms with E-state index in [9.17, 15) is 2.74 Å². The van der Waals surface area contributed by atoms with E-state index >= 15 is 0 Å². The minimum Gasteiger partial charge on any atom is -0.336 e. The van der Waals surface area contributed by atoms with E-state index in [1.54, 1.807) is 0 Å². The predicted molar refractivity (Wildman–Crippen MR) is 166 cm³/mol. The molecule has 0 amide bonds. The predicted octanol–water partition coefficient (Wildman–Crippen LogP) is 10.8. The second-order valence-electron chi connectivity index (χ2n) is 12.7. The molecule has 0 fully saturated rings. The summed E-state index contributed by atoms with van der Waals surface area (Å²) < 4.78 is 18.7. The molecule has 5 rings (SSSR count). The number of rotatable bonds is 5. The van der Waals surface area contributed by atoms with Crippen LogP contribution in [-0.2, 0) is 5.41 Å². The van der Waals surface area contributed by atoms with Crippen LogP contribution in [0.3, 0.4) is 0 Å². The van der Waals surface area contributed by atoms with Crippen LogP contribution in [0.2, 0.25) is 0 Å². The Bertz CT molecular complexity index is 1560. The van der Waals surface area contributed by atoms with Gasteiger partial charge >= 0.3 is 0 Å². The van der Waals surface area contributed by atoms with Gasteiger partial charge in [0.25, 0.3) is 0 Å². The molecule has 0 radical (unpaired) electrons. The van der Waals surface area contributed by atoms with Crippen LogP contribution in [0, 0.1) is 0 Å². The average Bonchev–Trinajstić information content (AvgIpc) is 3.08. The normalized spacial score (nSPS) is 15.4. The van der Waals surface area contributed by atoms with Crippen LogP contribution < -0.4 is 4.90 Å². The summed E-state index contributed by atoms with van der Waals surface area (Å²) in [4.78, 5) is 2.39. The Balaban J connectivity index is 1.88. The summed E-state index contributed by atoms with van der Waals surface area (Å²) in [5.74, 6) is -1.68. The topological polar surface area (TPSA) is 3.24 Å².